The molecule has 0 aliphatic heterocycles. The molecule has 0 bridgehead atoms. The van der Waals surface area contributed by atoms with Crippen LogP contribution in [0.4, 0.5) is 0 Å². The molecule has 0 amide bonds. The highest BCUT2D eigenvalue weighted by atomic mass is 14.9. The van der Waals surface area contributed by atoms with E-state index >= 15 is 0 Å². The minimum absolute atomic E-state index is 0.596. The van der Waals surface area contributed by atoms with Gasteiger partial charge in [-0.15, -0.1) is 0 Å². The lowest BCUT2D eigenvalue weighted by atomic mass is 10.0. The number of benzene rings is 2. The van der Waals surface area contributed by atoms with E-state index in [-0.39, 0.29) is 0 Å². The zero-order valence-electron chi connectivity index (χ0n) is 13.1. The van der Waals surface area contributed by atoms with Crippen molar-refractivity contribution in [3.05, 3.63) is 71.4 Å². The first kappa shape index (κ1) is 13.9. The summed E-state index contributed by atoms with van der Waals surface area (Å²) in [6.07, 6.45) is 3.29. The van der Waals surface area contributed by atoms with Crippen molar-refractivity contribution in [2.75, 3.05) is 0 Å². The van der Waals surface area contributed by atoms with Gasteiger partial charge in [0.1, 0.15) is 0 Å². The van der Waals surface area contributed by atoms with Gasteiger partial charge in [0.25, 0.3) is 0 Å². The second-order valence-corrected chi connectivity index (χ2v) is 6.09. The molecule has 108 valence electrons. The van der Waals surface area contributed by atoms with Crippen LogP contribution in [0.5, 0.6) is 0 Å². The van der Waals surface area contributed by atoms with E-state index in [0.29, 0.717) is 5.92 Å². The Morgan fingerprint density at radius 2 is 1.62 bits per heavy atom. The molecule has 21 heavy (non-hydrogen) atoms. The Hall–Kier alpha value is -2.02. The molecule has 0 spiro atoms. The summed E-state index contributed by atoms with van der Waals surface area (Å²) in [7, 11) is 0. The van der Waals surface area contributed by atoms with Crippen molar-refractivity contribution in [1.82, 2.24) is 4.57 Å². The number of hydrogen-bond donors (Lipinski definition) is 0. The molecule has 1 nitrogen and oxygen atoms in total. The number of aromatic nitrogens is 1. The number of hydrogen-bond acceptors (Lipinski definition) is 0. The second-order valence-electron chi connectivity index (χ2n) is 6.09. The van der Waals surface area contributed by atoms with Gasteiger partial charge in [0.05, 0.1) is 0 Å². The molecule has 2 aromatic carbocycles. The Bertz CT molecular complexity index is 732. The summed E-state index contributed by atoms with van der Waals surface area (Å²) < 4.78 is 2.33. The van der Waals surface area contributed by atoms with Crippen LogP contribution in [-0.4, -0.2) is 4.57 Å². The van der Waals surface area contributed by atoms with Gasteiger partial charge in [-0.2, -0.15) is 0 Å². The minimum atomic E-state index is 0.596. The van der Waals surface area contributed by atoms with Crippen LogP contribution in [0.25, 0.3) is 10.9 Å². The highest BCUT2D eigenvalue weighted by Crippen LogP contribution is 2.20. The molecule has 1 aromatic heterocycles. The van der Waals surface area contributed by atoms with Crippen molar-refractivity contribution < 1.29 is 0 Å². The van der Waals surface area contributed by atoms with Gasteiger partial charge in [-0.25, -0.2) is 0 Å². The van der Waals surface area contributed by atoms with E-state index in [1.165, 1.54) is 27.6 Å². The lowest BCUT2D eigenvalue weighted by molar-refractivity contribution is 0.828. The quantitative estimate of drug-likeness (QED) is 0.603. The first-order valence-corrected chi connectivity index (χ1v) is 7.84. The summed E-state index contributed by atoms with van der Waals surface area (Å²) in [4.78, 5) is 0. The van der Waals surface area contributed by atoms with Crippen molar-refractivity contribution in [1.29, 1.82) is 0 Å². The molecule has 3 aromatic rings. The first-order chi connectivity index (χ1) is 10.2. The monoisotopic (exact) mass is 277 g/mol. The molecule has 0 N–H and O–H groups in total. The Morgan fingerprint density at radius 3 is 2.29 bits per heavy atom. The summed E-state index contributed by atoms with van der Waals surface area (Å²) in [6, 6.07) is 18.0. The van der Waals surface area contributed by atoms with E-state index in [1.54, 1.807) is 0 Å². The van der Waals surface area contributed by atoms with Gasteiger partial charge in [0, 0.05) is 18.3 Å². The van der Waals surface area contributed by atoms with Gasteiger partial charge in [-0.3, -0.25) is 0 Å². The maximum absolute atomic E-state index is 2.33. The highest BCUT2D eigenvalue weighted by Gasteiger charge is 2.04. The van der Waals surface area contributed by atoms with Crippen LogP contribution in [-0.2, 0) is 13.0 Å². The second kappa shape index (κ2) is 5.77. The van der Waals surface area contributed by atoms with Crippen LogP contribution in [0.1, 0.15) is 43.4 Å². The van der Waals surface area contributed by atoms with Gasteiger partial charge in [-0.1, -0.05) is 51.1 Å². The van der Waals surface area contributed by atoms with Gasteiger partial charge in [-0.05, 0) is 52.6 Å². The fourth-order valence-corrected chi connectivity index (χ4v) is 2.81. The van der Waals surface area contributed by atoms with Gasteiger partial charge in [0.2, 0.25) is 0 Å². The SMILES string of the molecule is CCc1ccc2c(ccn2Cc2ccc(C(C)C)cc2)c1. The van der Waals surface area contributed by atoms with Gasteiger partial charge >= 0.3 is 0 Å². The summed E-state index contributed by atoms with van der Waals surface area (Å²) in [6.45, 7) is 7.61. The molecular formula is C20H23N. The molecule has 0 aliphatic rings. The minimum Gasteiger partial charge on any atom is -0.343 e. The summed E-state index contributed by atoms with van der Waals surface area (Å²) in [5.41, 5.74) is 5.49. The maximum atomic E-state index is 2.33. The largest absolute Gasteiger partial charge is 0.343 e. The number of rotatable bonds is 4. The zero-order chi connectivity index (χ0) is 14.8. The normalized spacial score (nSPS) is 11.4. The average Bonchev–Trinajstić information content (AvgIpc) is 2.90. The molecule has 1 heterocycles. The predicted octanol–water partition coefficient (Wildman–Crippen LogP) is 5.38. The standard InChI is InChI=1S/C20H23N/c1-4-16-7-10-20-19(13-16)11-12-21(20)14-17-5-8-18(9-6-17)15(2)3/h5-13,15H,4,14H2,1-3H3. The molecule has 0 radical (unpaired) electrons. The smallest absolute Gasteiger partial charge is 0.0483 e. The zero-order valence-corrected chi connectivity index (χ0v) is 13.1. The van der Waals surface area contributed by atoms with Crippen LogP contribution >= 0.6 is 0 Å². The summed E-state index contributed by atoms with van der Waals surface area (Å²) in [5, 5.41) is 1.34. The molecule has 0 unspecified atom stereocenters. The van der Waals surface area contributed by atoms with E-state index in [9.17, 15) is 0 Å². The highest BCUT2D eigenvalue weighted by molar-refractivity contribution is 5.81. The van der Waals surface area contributed by atoms with Crippen molar-refractivity contribution in [2.24, 2.45) is 0 Å². The predicted molar refractivity (Wildman–Crippen MR) is 90.9 cm³/mol. The number of fused-ring (bicyclic) bond motifs is 1. The lowest BCUT2D eigenvalue weighted by Crippen LogP contribution is -1.98. The van der Waals surface area contributed by atoms with Crippen LogP contribution in [0.2, 0.25) is 0 Å². The van der Waals surface area contributed by atoms with Crippen LogP contribution < -0.4 is 0 Å². The molecule has 0 saturated heterocycles. The van der Waals surface area contributed by atoms with Gasteiger partial charge in [0.15, 0.2) is 0 Å². The number of nitrogens with zero attached hydrogens (tertiary/aromatic N) is 1. The van der Waals surface area contributed by atoms with E-state index in [0.717, 1.165) is 13.0 Å². The van der Waals surface area contributed by atoms with E-state index < -0.39 is 0 Å². The molecule has 1 heteroatoms. The molecular weight excluding hydrogens is 254 g/mol. The molecule has 0 fully saturated rings. The van der Waals surface area contributed by atoms with Crippen molar-refractivity contribution in [2.45, 2.75) is 39.7 Å². The van der Waals surface area contributed by atoms with Gasteiger partial charge < -0.3 is 4.57 Å². The Labute approximate surface area is 127 Å². The van der Waals surface area contributed by atoms with Crippen LogP contribution in [0.15, 0.2) is 54.7 Å². The fourth-order valence-electron chi connectivity index (χ4n) is 2.81. The van der Waals surface area contributed by atoms with E-state index in [1.807, 2.05) is 0 Å². The first-order valence-electron chi connectivity index (χ1n) is 7.84. The lowest BCUT2D eigenvalue weighted by Gasteiger charge is -2.09. The molecule has 3 rings (SSSR count). The van der Waals surface area contributed by atoms with E-state index in [4.69, 9.17) is 0 Å². The topological polar surface area (TPSA) is 4.93 Å². The number of aryl methyl sites for hydroxylation is 1. The maximum Gasteiger partial charge on any atom is 0.0483 e. The van der Waals surface area contributed by atoms with Crippen LogP contribution in [0.3, 0.4) is 0 Å². The third-order valence-corrected chi connectivity index (χ3v) is 4.24. The third kappa shape index (κ3) is 2.87. The molecule has 0 saturated carbocycles. The average molecular weight is 277 g/mol. The fraction of sp³-hybridized carbons (Fsp3) is 0.300. The van der Waals surface area contributed by atoms with Crippen LogP contribution in [0, 0.1) is 0 Å². The van der Waals surface area contributed by atoms with Crippen molar-refractivity contribution in [3.8, 4) is 0 Å². The Balaban J connectivity index is 1.87. The summed E-state index contributed by atoms with van der Waals surface area (Å²) >= 11 is 0. The summed E-state index contributed by atoms with van der Waals surface area (Å²) in [5.74, 6) is 0.596. The van der Waals surface area contributed by atoms with E-state index in [2.05, 4.69) is 80.1 Å². The Morgan fingerprint density at radius 1 is 0.905 bits per heavy atom. The molecule has 0 atom stereocenters. The van der Waals surface area contributed by atoms with Crippen molar-refractivity contribution >= 4 is 10.9 Å². The third-order valence-electron chi connectivity index (χ3n) is 4.24. The van der Waals surface area contributed by atoms with Crippen molar-refractivity contribution in [3.63, 3.8) is 0 Å². The Kier molecular flexibility index (Phi) is 3.83. The molecule has 0 aliphatic carbocycles.